The van der Waals surface area contributed by atoms with E-state index in [-0.39, 0.29) is 29.7 Å². The van der Waals surface area contributed by atoms with Gasteiger partial charge in [0.1, 0.15) is 5.76 Å². The van der Waals surface area contributed by atoms with Gasteiger partial charge in [0.2, 0.25) is 5.91 Å². The van der Waals surface area contributed by atoms with Crippen molar-refractivity contribution >= 4 is 17.7 Å². The monoisotopic (exact) mass is 375 g/mol. The second kappa shape index (κ2) is 8.68. The van der Waals surface area contributed by atoms with Crippen LogP contribution in [0.3, 0.4) is 0 Å². The minimum atomic E-state index is -0.583. The molecular formula is C19H25N3O5. The third-order valence-corrected chi connectivity index (χ3v) is 4.39. The van der Waals surface area contributed by atoms with E-state index in [0.29, 0.717) is 23.5 Å². The Balaban J connectivity index is 2.14. The molecule has 2 rings (SSSR count). The molecule has 8 heteroatoms. The van der Waals surface area contributed by atoms with Crippen LogP contribution in [0.1, 0.15) is 50.8 Å². The number of Topliss-reactive ketones (excluding diaryl/α,β-unsaturated/α-hetero) is 1. The van der Waals surface area contributed by atoms with Gasteiger partial charge in [0.25, 0.3) is 0 Å². The molecule has 0 fully saturated rings. The number of carbonyl (C=O) groups is 3. The molecule has 1 atom stereocenters. The number of nitrogens with one attached hydrogen (secondary N) is 2. The molecule has 1 unspecified atom stereocenters. The number of amides is 1. The number of hydrogen-bond acceptors (Lipinski definition) is 6. The third-order valence-electron chi connectivity index (χ3n) is 4.39. The van der Waals surface area contributed by atoms with Gasteiger partial charge in [0.05, 0.1) is 37.1 Å². The first-order valence-electron chi connectivity index (χ1n) is 8.53. The number of esters is 1. The zero-order chi connectivity index (χ0) is 20.1. The van der Waals surface area contributed by atoms with E-state index in [1.807, 2.05) is 25.1 Å². The van der Waals surface area contributed by atoms with Crippen LogP contribution >= 0.6 is 0 Å². The van der Waals surface area contributed by atoms with Gasteiger partial charge in [-0.1, -0.05) is 0 Å². The number of ether oxygens (including phenoxy) is 1. The van der Waals surface area contributed by atoms with E-state index >= 15 is 0 Å². The van der Waals surface area contributed by atoms with Gasteiger partial charge in [0, 0.05) is 19.2 Å². The zero-order valence-corrected chi connectivity index (χ0v) is 16.2. The van der Waals surface area contributed by atoms with Gasteiger partial charge in [-0.3, -0.25) is 14.5 Å². The molecule has 0 aromatic carbocycles. The Morgan fingerprint density at radius 2 is 2.04 bits per heavy atom. The lowest BCUT2D eigenvalue weighted by atomic mass is 10.1. The molecule has 27 heavy (non-hydrogen) atoms. The Bertz CT molecular complexity index is 821. The van der Waals surface area contributed by atoms with E-state index in [9.17, 15) is 14.4 Å². The maximum atomic E-state index is 12.4. The highest BCUT2D eigenvalue weighted by Crippen LogP contribution is 2.21. The summed E-state index contributed by atoms with van der Waals surface area (Å²) in [7, 11) is 5.04. The summed E-state index contributed by atoms with van der Waals surface area (Å²) in [5, 5.41) is 2.85. The molecule has 0 aliphatic heterocycles. The highest BCUT2D eigenvalue weighted by molar-refractivity contribution is 6.01. The smallest absolute Gasteiger partial charge is 0.339 e. The molecule has 2 aromatic heterocycles. The average Bonchev–Trinajstić information content (AvgIpc) is 3.22. The fourth-order valence-corrected chi connectivity index (χ4v) is 2.97. The predicted octanol–water partition coefficient (Wildman–Crippen LogP) is 1.87. The number of furan rings is 1. The summed E-state index contributed by atoms with van der Waals surface area (Å²) in [6.45, 7) is 3.39. The SMILES string of the molecule is COC(=O)c1c(CC(=O)NCC(c2ccco2)N(C)C)[nH]c(C(C)=O)c1C. The highest BCUT2D eigenvalue weighted by Gasteiger charge is 2.25. The van der Waals surface area contributed by atoms with Crippen LogP contribution in [0.4, 0.5) is 0 Å². The highest BCUT2D eigenvalue weighted by atomic mass is 16.5. The number of carbonyl (C=O) groups excluding carboxylic acids is 3. The van der Waals surface area contributed by atoms with Crippen LogP contribution in [-0.4, -0.2) is 55.3 Å². The number of nitrogens with zero attached hydrogens (tertiary/aromatic N) is 1. The van der Waals surface area contributed by atoms with Gasteiger partial charge in [-0.2, -0.15) is 0 Å². The molecule has 2 heterocycles. The molecule has 2 aromatic rings. The van der Waals surface area contributed by atoms with Crippen LogP contribution in [0, 0.1) is 6.92 Å². The maximum absolute atomic E-state index is 12.4. The average molecular weight is 375 g/mol. The number of aromatic amines is 1. The van der Waals surface area contributed by atoms with Crippen molar-refractivity contribution in [2.45, 2.75) is 26.3 Å². The maximum Gasteiger partial charge on any atom is 0.339 e. The van der Waals surface area contributed by atoms with Crippen molar-refractivity contribution in [1.82, 2.24) is 15.2 Å². The van der Waals surface area contributed by atoms with E-state index in [4.69, 9.17) is 9.15 Å². The van der Waals surface area contributed by atoms with Crippen molar-refractivity contribution in [3.05, 3.63) is 46.7 Å². The number of methoxy groups -OCH3 is 1. The number of rotatable bonds is 8. The molecule has 0 bridgehead atoms. The Morgan fingerprint density at radius 1 is 1.33 bits per heavy atom. The van der Waals surface area contributed by atoms with Crippen LogP contribution in [0.25, 0.3) is 0 Å². The Hall–Kier alpha value is -2.87. The molecular weight excluding hydrogens is 350 g/mol. The third kappa shape index (κ3) is 4.65. The van der Waals surface area contributed by atoms with E-state index in [1.165, 1.54) is 14.0 Å². The largest absolute Gasteiger partial charge is 0.468 e. The number of ketones is 1. The van der Waals surface area contributed by atoms with Crippen molar-refractivity contribution in [3.8, 4) is 0 Å². The molecule has 0 radical (unpaired) electrons. The van der Waals surface area contributed by atoms with Crippen LogP contribution < -0.4 is 5.32 Å². The minimum absolute atomic E-state index is 0.0726. The normalized spacial score (nSPS) is 12.1. The van der Waals surface area contributed by atoms with E-state index < -0.39 is 5.97 Å². The summed E-state index contributed by atoms with van der Waals surface area (Å²) >= 11 is 0. The first kappa shape index (κ1) is 20.4. The number of likely N-dealkylation sites (N-methyl/N-ethyl adjacent to an activating group) is 1. The minimum Gasteiger partial charge on any atom is -0.468 e. The van der Waals surface area contributed by atoms with Crippen LogP contribution in [-0.2, 0) is 16.0 Å². The summed E-state index contributed by atoms with van der Waals surface area (Å²) in [6, 6.07) is 3.52. The van der Waals surface area contributed by atoms with Crippen molar-refractivity contribution in [2.24, 2.45) is 0 Å². The quantitative estimate of drug-likeness (QED) is 0.539. The lowest BCUT2D eigenvalue weighted by Crippen LogP contribution is -2.35. The lowest BCUT2D eigenvalue weighted by molar-refractivity contribution is -0.120. The van der Waals surface area contributed by atoms with Gasteiger partial charge in [-0.25, -0.2) is 4.79 Å². The van der Waals surface area contributed by atoms with Crippen molar-refractivity contribution in [1.29, 1.82) is 0 Å². The zero-order valence-electron chi connectivity index (χ0n) is 16.2. The molecule has 8 nitrogen and oxygen atoms in total. The van der Waals surface area contributed by atoms with Crippen molar-refractivity contribution in [3.63, 3.8) is 0 Å². The summed E-state index contributed by atoms with van der Waals surface area (Å²) in [4.78, 5) is 41.1. The topological polar surface area (TPSA) is 105 Å². The summed E-state index contributed by atoms with van der Waals surface area (Å²) < 4.78 is 10.2. The van der Waals surface area contributed by atoms with Crippen molar-refractivity contribution in [2.75, 3.05) is 27.7 Å². The molecule has 1 amide bonds. The molecule has 0 aliphatic carbocycles. The molecule has 0 aliphatic rings. The molecule has 146 valence electrons. The molecule has 0 saturated heterocycles. The van der Waals surface area contributed by atoms with Gasteiger partial charge >= 0.3 is 5.97 Å². The van der Waals surface area contributed by atoms with Crippen LogP contribution in [0.5, 0.6) is 0 Å². The van der Waals surface area contributed by atoms with E-state index in [2.05, 4.69) is 10.3 Å². The first-order valence-corrected chi connectivity index (χ1v) is 8.53. The van der Waals surface area contributed by atoms with Crippen LogP contribution in [0.2, 0.25) is 0 Å². The van der Waals surface area contributed by atoms with E-state index in [1.54, 1.807) is 19.3 Å². The Labute approximate surface area is 157 Å². The number of hydrogen-bond donors (Lipinski definition) is 2. The number of aromatic nitrogens is 1. The second-order valence-electron chi connectivity index (χ2n) is 6.50. The number of H-pyrrole nitrogens is 1. The fraction of sp³-hybridized carbons (Fsp3) is 0.421. The first-order chi connectivity index (χ1) is 12.8. The molecule has 0 spiro atoms. The summed E-state index contributed by atoms with van der Waals surface area (Å²) in [5.74, 6) is -0.337. The van der Waals surface area contributed by atoms with Gasteiger partial charge < -0.3 is 19.5 Å². The Kier molecular flexibility index (Phi) is 6.57. The lowest BCUT2D eigenvalue weighted by Gasteiger charge is -2.22. The Morgan fingerprint density at radius 3 is 2.56 bits per heavy atom. The molecule has 2 N–H and O–H groups in total. The summed E-state index contributed by atoms with van der Waals surface area (Å²) in [6.07, 6.45) is 1.51. The van der Waals surface area contributed by atoms with Crippen LogP contribution in [0.15, 0.2) is 22.8 Å². The van der Waals surface area contributed by atoms with Crippen molar-refractivity contribution < 1.29 is 23.5 Å². The van der Waals surface area contributed by atoms with Gasteiger partial charge in [0.15, 0.2) is 5.78 Å². The fourth-order valence-electron chi connectivity index (χ4n) is 2.97. The van der Waals surface area contributed by atoms with Gasteiger partial charge in [-0.15, -0.1) is 0 Å². The summed E-state index contributed by atoms with van der Waals surface area (Å²) in [5.41, 5.74) is 1.38. The standard InChI is InChI=1S/C19H25N3O5/c1-11-17(19(25)26-5)13(21-18(11)12(2)23)9-16(24)20-10-14(22(3)4)15-7-6-8-27-15/h6-8,14,21H,9-10H2,1-5H3,(H,20,24). The van der Waals surface area contributed by atoms with Gasteiger partial charge in [-0.05, 0) is 38.7 Å². The van der Waals surface area contributed by atoms with E-state index in [0.717, 1.165) is 5.76 Å². The predicted molar refractivity (Wildman–Crippen MR) is 98.7 cm³/mol. The second-order valence-corrected chi connectivity index (χ2v) is 6.50. The molecule has 0 saturated carbocycles.